The van der Waals surface area contributed by atoms with Crippen molar-refractivity contribution in [3.8, 4) is 0 Å². The Bertz CT molecular complexity index is 498. The fourth-order valence-corrected chi connectivity index (χ4v) is 2.02. The van der Waals surface area contributed by atoms with Gasteiger partial charge in [0.1, 0.15) is 5.69 Å². The van der Waals surface area contributed by atoms with Gasteiger partial charge in [0.15, 0.2) is 0 Å². The lowest BCUT2D eigenvalue weighted by Crippen LogP contribution is -2.00. The first kappa shape index (κ1) is 12.3. The molecule has 4 nitrogen and oxygen atoms in total. The first-order chi connectivity index (χ1) is 8.19. The molecule has 0 aliphatic heterocycles. The molecule has 0 aliphatic rings. The Kier molecular flexibility index (Phi) is 3.91. The van der Waals surface area contributed by atoms with Crippen LogP contribution < -0.4 is 0 Å². The van der Waals surface area contributed by atoms with Crippen molar-refractivity contribution in [3.05, 3.63) is 46.2 Å². The van der Waals surface area contributed by atoms with Crippen LogP contribution in [0.1, 0.15) is 30.7 Å². The normalized spacial score (nSPS) is 12.6. The molecule has 0 amide bonds. The van der Waals surface area contributed by atoms with Crippen LogP contribution in [0.15, 0.2) is 34.9 Å². The smallest absolute Gasteiger partial charge is 0.111 e. The summed E-state index contributed by atoms with van der Waals surface area (Å²) in [6.45, 7) is 2.57. The quantitative estimate of drug-likeness (QED) is 0.943. The second-order valence-corrected chi connectivity index (χ2v) is 4.81. The van der Waals surface area contributed by atoms with E-state index in [0.717, 1.165) is 10.0 Å². The molecule has 0 saturated heterocycles. The zero-order chi connectivity index (χ0) is 12.3. The number of rotatable bonds is 4. The predicted octanol–water partition coefficient (Wildman–Crippen LogP) is 2.53. The SMILES string of the molecule is CCC(O)c1cn(Cc2cccc(Br)c2)nn1. The molecule has 0 bridgehead atoms. The minimum Gasteiger partial charge on any atom is -0.387 e. The van der Waals surface area contributed by atoms with Gasteiger partial charge in [0.05, 0.1) is 18.8 Å². The van der Waals surface area contributed by atoms with Gasteiger partial charge >= 0.3 is 0 Å². The lowest BCUT2D eigenvalue weighted by Gasteiger charge is -2.02. The Morgan fingerprint density at radius 1 is 1.47 bits per heavy atom. The maximum absolute atomic E-state index is 9.63. The highest BCUT2D eigenvalue weighted by molar-refractivity contribution is 9.10. The molecule has 0 spiro atoms. The molecule has 1 unspecified atom stereocenters. The third-order valence-electron chi connectivity index (χ3n) is 2.52. The second-order valence-electron chi connectivity index (χ2n) is 3.89. The van der Waals surface area contributed by atoms with Crippen molar-refractivity contribution in [2.24, 2.45) is 0 Å². The molecule has 2 rings (SSSR count). The van der Waals surface area contributed by atoms with Gasteiger partial charge in [0.25, 0.3) is 0 Å². The van der Waals surface area contributed by atoms with Crippen molar-refractivity contribution in [1.82, 2.24) is 15.0 Å². The largest absolute Gasteiger partial charge is 0.387 e. The van der Waals surface area contributed by atoms with E-state index >= 15 is 0 Å². The van der Waals surface area contributed by atoms with E-state index in [1.54, 1.807) is 10.9 Å². The summed E-state index contributed by atoms with van der Waals surface area (Å²) in [6.07, 6.45) is 1.91. The average Bonchev–Trinajstić information content (AvgIpc) is 2.76. The third kappa shape index (κ3) is 3.14. The van der Waals surface area contributed by atoms with Crippen molar-refractivity contribution < 1.29 is 5.11 Å². The summed E-state index contributed by atoms with van der Waals surface area (Å²) in [4.78, 5) is 0. The van der Waals surface area contributed by atoms with Crippen molar-refractivity contribution in [1.29, 1.82) is 0 Å². The Morgan fingerprint density at radius 2 is 2.29 bits per heavy atom. The highest BCUT2D eigenvalue weighted by Gasteiger charge is 2.09. The Hall–Kier alpha value is -1.20. The predicted molar refractivity (Wildman–Crippen MR) is 68.5 cm³/mol. The molecule has 0 aliphatic carbocycles. The van der Waals surface area contributed by atoms with E-state index in [0.29, 0.717) is 18.7 Å². The fraction of sp³-hybridized carbons (Fsp3) is 0.333. The summed E-state index contributed by atoms with van der Waals surface area (Å²) in [5.41, 5.74) is 1.77. The number of aromatic nitrogens is 3. The average molecular weight is 296 g/mol. The minimum atomic E-state index is -0.522. The fourth-order valence-electron chi connectivity index (χ4n) is 1.57. The summed E-state index contributed by atoms with van der Waals surface area (Å²) in [6, 6.07) is 8.04. The molecule has 1 aromatic carbocycles. The molecule has 1 N–H and O–H groups in total. The van der Waals surface area contributed by atoms with Crippen molar-refractivity contribution in [2.45, 2.75) is 26.0 Å². The molecule has 1 atom stereocenters. The van der Waals surface area contributed by atoms with Gasteiger partial charge in [-0.05, 0) is 24.1 Å². The molecule has 1 aromatic heterocycles. The molecule has 5 heteroatoms. The lowest BCUT2D eigenvalue weighted by atomic mass is 10.2. The summed E-state index contributed by atoms with van der Waals surface area (Å²) >= 11 is 3.43. The molecular weight excluding hydrogens is 282 g/mol. The number of aliphatic hydroxyl groups excluding tert-OH is 1. The van der Waals surface area contributed by atoms with Crippen LogP contribution in [0.3, 0.4) is 0 Å². The van der Waals surface area contributed by atoms with Crippen LogP contribution in [0, 0.1) is 0 Å². The Morgan fingerprint density at radius 3 is 3.00 bits per heavy atom. The van der Waals surface area contributed by atoms with Crippen LogP contribution in [0.25, 0.3) is 0 Å². The van der Waals surface area contributed by atoms with E-state index in [4.69, 9.17) is 0 Å². The van der Waals surface area contributed by atoms with Crippen molar-refractivity contribution in [2.75, 3.05) is 0 Å². The van der Waals surface area contributed by atoms with Crippen LogP contribution in [0.4, 0.5) is 0 Å². The maximum Gasteiger partial charge on any atom is 0.111 e. The van der Waals surface area contributed by atoms with E-state index in [-0.39, 0.29) is 0 Å². The lowest BCUT2D eigenvalue weighted by molar-refractivity contribution is 0.168. The molecule has 0 radical (unpaired) electrons. The number of benzene rings is 1. The first-order valence-electron chi connectivity index (χ1n) is 5.51. The molecular formula is C12H14BrN3O. The maximum atomic E-state index is 9.63. The van der Waals surface area contributed by atoms with Crippen LogP contribution in [-0.4, -0.2) is 20.1 Å². The molecule has 0 fully saturated rings. The van der Waals surface area contributed by atoms with Gasteiger partial charge in [-0.3, -0.25) is 0 Å². The third-order valence-corrected chi connectivity index (χ3v) is 3.01. The molecule has 90 valence electrons. The van der Waals surface area contributed by atoms with Gasteiger partial charge in [-0.25, -0.2) is 4.68 Å². The summed E-state index contributed by atoms with van der Waals surface area (Å²) < 4.78 is 2.78. The van der Waals surface area contributed by atoms with Crippen molar-refractivity contribution >= 4 is 15.9 Å². The van der Waals surface area contributed by atoms with Crippen LogP contribution in [0.5, 0.6) is 0 Å². The number of hydrogen-bond donors (Lipinski definition) is 1. The monoisotopic (exact) mass is 295 g/mol. The van der Waals surface area contributed by atoms with E-state index in [2.05, 4.69) is 26.2 Å². The van der Waals surface area contributed by atoms with Gasteiger partial charge in [-0.1, -0.05) is 40.2 Å². The van der Waals surface area contributed by atoms with Crippen LogP contribution in [-0.2, 0) is 6.54 Å². The zero-order valence-electron chi connectivity index (χ0n) is 9.55. The van der Waals surface area contributed by atoms with E-state index in [1.165, 1.54) is 0 Å². The number of halogens is 1. The zero-order valence-corrected chi connectivity index (χ0v) is 11.1. The van der Waals surface area contributed by atoms with Crippen LogP contribution >= 0.6 is 15.9 Å². The molecule has 17 heavy (non-hydrogen) atoms. The number of aliphatic hydroxyl groups is 1. The topological polar surface area (TPSA) is 50.9 Å². The molecule has 2 aromatic rings. The van der Waals surface area contributed by atoms with Crippen molar-refractivity contribution in [3.63, 3.8) is 0 Å². The summed E-state index contributed by atoms with van der Waals surface area (Å²) in [5.74, 6) is 0. The number of nitrogens with zero attached hydrogens (tertiary/aromatic N) is 3. The number of hydrogen-bond acceptors (Lipinski definition) is 3. The standard InChI is InChI=1S/C12H14BrN3O/c1-2-12(17)11-8-16(15-14-11)7-9-4-3-5-10(13)6-9/h3-6,8,12,17H,2,7H2,1H3. The van der Waals surface area contributed by atoms with Gasteiger partial charge in [-0.15, -0.1) is 5.10 Å². The van der Waals surface area contributed by atoms with E-state index in [1.807, 2.05) is 31.2 Å². The minimum absolute atomic E-state index is 0.522. The summed E-state index contributed by atoms with van der Waals surface area (Å²) in [5, 5.41) is 17.6. The highest BCUT2D eigenvalue weighted by atomic mass is 79.9. The van der Waals surface area contributed by atoms with Gasteiger partial charge in [0, 0.05) is 4.47 Å². The van der Waals surface area contributed by atoms with Gasteiger partial charge in [0.2, 0.25) is 0 Å². The van der Waals surface area contributed by atoms with Crippen LogP contribution in [0.2, 0.25) is 0 Å². The first-order valence-corrected chi connectivity index (χ1v) is 6.31. The van der Waals surface area contributed by atoms with Gasteiger partial charge < -0.3 is 5.11 Å². The molecule has 0 saturated carbocycles. The molecule has 1 heterocycles. The van der Waals surface area contributed by atoms with E-state index in [9.17, 15) is 5.11 Å². The summed E-state index contributed by atoms with van der Waals surface area (Å²) in [7, 11) is 0. The Balaban J connectivity index is 2.11. The van der Waals surface area contributed by atoms with E-state index < -0.39 is 6.10 Å². The highest BCUT2D eigenvalue weighted by Crippen LogP contribution is 2.15. The second kappa shape index (κ2) is 5.42. The Labute approximate surface area is 108 Å². The van der Waals surface area contributed by atoms with Gasteiger partial charge in [-0.2, -0.15) is 0 Å².